The minimum atomic E-state index is -0.199. The SMILES string of the molecule is Cc1nc(C)c(CC(=O)N2CCCCC2Cc2ccccc2)c(=O)[nH]1. The molecule has 25 heavy (non-hydrogen) atoms. The van der Waals surface area contributed by atoms with Crippen molar-refractivity contribution < 1.29 is 4.79 Å². The molecular formula is C20H25N3O2. The van der Waals surface area contributed by atoms with Crippen molar-refractivity contribution in [2.75, 3.05) is 6.54 Å². The van der Waals surface area contributed by atoms with Crippen molar-refractivity contribution in [3.8, 4) is 0 Å². The molecule has 3 rings (SSSR count). The number of nitrogens with one attached hydrogen (secondary N) is 1. The molecule has 5 nitrogen and oxygen atoms in total. The first kappa shape index (κ1) is 17.4. The summed E-state index contributed by atoms with van der Waals surface area (Å²) >= 11 is 0. The Hall–Kier alpha value is -2.43. The summed E-state index contributed by atoms with van der Waals surface area (Å²) < 4.78 is 0. The number of hydrogen-bond donors (Lipinski definition) is 1. The molecule has 0 radical (unpaired) electrons. The molecule has 1 aromatic heterocycles. The average Bonchev–Trinajstić information content (AvgIpc) is 2.59. The van der Waals surface area contributed by atoms with Crippen LogP contribution in [-0.4, -0.2) is 33.4 Å². The lowest BCUT2D eigenvalue weighted by molar-refractivity contribution is -0.134. The van der Waals surface area contributed by atoms with Gasteiger partial charge in [-0.3, -0.25) is 9.59 Å². The number of H-pyrrole nitrogens is 1. The third-order valence-corrected chi connectivity index (χ3v) is 4.93. The van der Waals surface area contributed by atoms with Gasteiger partial charge in [0.15, 0.2) is 0 Å². The Morgan fingerprint density at radius 3 is 2.72 bits per heavy atom. The second-order valence-corrected chi connectivity index (χ2v) is 6.82. The summed E-state index contributed by atoms with van der Waals surface area (Å²) in [6.07, 6.45) is 4.18. The molecule has 1 unspecified atom stereocenters. The van der Waals surface area contributed by atoms with E-state index >= 15 is 0 Å². The second kappa shape index (κ2) is 7.64. The largest absolute Gasteiger partial charge is 0.339 e. The number of rotatable bonds is 4. The zero-order valence-corrected chi connectivity index (χ0v) is 14.9. The Labute approximate surface area is 148 Å². The minimum Gasteiger partial charge on any atom is -0.339 e. The summed E-state index contributed by atoms with van der Waals surface area (Å²) in [5.74, 6) is 0.610. The fraction of sp³-hybridized carbons (Fsp3) is 0.450. The molecule has 2 heterocycles. The minimum absolute atomic E-state index is 0.0277. The normalized spacial score (nSPS) is 17.5. The molecule has 0 saturated carbocycles. The number of carbonyl (C=O) groups is 1. The average molecular weight is 339 g/mol. The maximum Gasteiger partial charge on any atom is 0.254 e. The van der Waals surface area contributed by atoms with Crippen LogP contribution in [0.3, 0.4) is 0 Å². The highest BCUT2D eigenvalue weighted by Gasteiger charge is 2.27. The molecule has 5 heteroatoms. The van der Waals surface area contributed by atoms with E-state index in [1.165, 1.54) is 5.56 Å². The van der Waals surface area contributed by atoms with Crippen LogP contribution < -0.4 is 5.56 Å². The summed E-state index contributed by atoms with van der Waals surface area (Å²) in [6, 6.07) is 10.5. The predicted molar refractivity (Wildman–Crippen MR) is 97.5 cm³/mol. The standard InChI is InChI=1S/C20H25N3O2/c1-14-18(20(25)22-15(2)21-14)13-19(24)23-11-7-6-10-17(23)12-16-8-4-3-5-9-16/h3-5,8-9,17H,6-7,10-13H2,1-2H3,(H,21,22,25). The maximum absolute atomic E-state index is 12.9. The van der Waals surface area contributed by atoms with Crippen LogP contribution in [0.5, 0.6) is 0 Å². The van der Waals surface area contributed by atoms with Crippen molar-refractivity contribution >= 4 is 5.91 Å². The molecule has 0 aliphatic carbocycles. The molecule has 132 valence electrons. The lowest BCUT2D eigenvalue weighted by Gasteiger charge is -2.36. The van der Waals surface area contributed by atoms with Gasteiger partial charge in [0.25, 0.3) is 5.56 Å². The fourth-order valence-corrected chi connectivity index (χ4v) is 3.64. The molecule has 1 fully saturated rings. The molecule has 0 spiro atoms. The van der Waals surface area contributed by atoms with Crippen LogP contribution in [0.2, 0.25) is 0 Å². The van der Waals surface area contributed by atoms with Crippen LogP contribution >= 0.6 is 0 Å². The van der Waals surface area contributed by atoms with Crippen LogP contribution in [0.4, 0.5) is 0 Å². The van der Waals surface area contributed by atoms with Crippen molar-refractivity contribution in [2.45, 2.75) is 52.0 Å². The molecule has 1 saturated heterocycles. The topological polar surface area (TPSA) is 66.1 Å². The van der Waals surface area contributed by atoms with Crippen molar-refractivity contribution in [1.29, 1.82) is 0 Å². The highest BCUT2D eigenvalue weighted by Crippen LogP contribution is 2.21. The van der Waals surface area contributed by atoms with Crippen LogP contribution in [0.1, 0.15) is 41.9 Å². The van der Waals surface area contributed by atoms with Gasteiger partial charge in [-0.2, -0.15) is 0 Å². The van der Waals surface area contributed by atoms with E-state index in [1.807, 2.05) is 23.1 Å². The van der Waals surface area contributed by atoms with Gasteiger partial charge < -0.3 is 9.88 Å². The number of aryl methyl sites for hydroxylation is 2. The van der Waals surface area contributed by atoms with Crippen molar-refractivity contribution in [2.24, 2.45) is 0 Å². The summed E-state index contributed by atoms with van der Waals surface area (Å²) in [5, 5.41) is 0. The van der Waals surface area contributed by atoms with Crippen LogP contribution in [0, 0.1) is 13.8 Å². The van der Waals surface area contributed by atoms with E-state index in [-0.39, 0.29) is 23.9 Å². The van der Waals surface area contributed by atoms with E-state index in [2.05, 4.69) is 22.1 Å². The fourth-order valence-electron chi connectivity index (χ4n) is 3.64. The molecule has 0 bridgehead atoms. The van der Waals surface area contributed by atoms with Crippen LogP contribution in [0.15, 0.2) is 35.1 Å². The first-order chi connectivity index (χ1) is 12.0. The number of hydrogen-bond acceptors (Lipinski definition) is 3. The molecular weight excluding hydrogens is 314 g/mol. The van der Waals surface area contributed by atoms with Crippen molar-refractivity contribution in [1.82, 2.24) is 14.9 Å². The summed E-state index contributed by atoms with van der Waals surface area (Å²) in [4.78, 5) is 34.1. The molecule has 1 aromatic carbocycles. The van der Waals surface area contributed by atoms with Crippen molar-refractivity contribution in [3.63, 3.8) is 0 Å². The van der Waals surface area contributed by atoms with Crippen LogP contribution in [0.25, 0.3) is 0 Å². The quantitative estimate of drug-likeness (QED) is 0.931. The Balaban J connectivity index is 1.76. The summed E-state index contributed by atoms with van der Waals surface area (Å²) in [7, 11) is 0. The third-order valence-electron chi connectivity index (χ3n) is 4.93. The number of piperidine rings is 1. The zero-order valence-electron chi connectivity index (χ0n) is 14.9. The second-order valence-electron chi connectivity index (χ2n) is 6.82. The molecule has 1 aliphatic rings. The van der Waals surface area contributed by atoms with Gasteiger partial charge in [-0.1, -0.05) is 30.3 Å². The number of aromatic amines is 1. The lowest BCUT2D eigenvalue weighted by Crippen LogP contribution is -2.46. The van der Waals surface area contributed by atoms with E-state index in [4.69, 9.17) is 0 Å². The molecule has 1 N–H and O–H groups in total. The van der Waals surface area contributed by atoms with Gasteiger partial charge in [0.05, 0.1) is 6.42 Å². The number of amides is 1. The smallest absolute Gasteiger partial charge is 0.254 e. The van der Waals surface area contributed by atoms with Crippen molar-refractivity contribution in [3.05, 3.63) is 63.3 Å². The van der Waals surface area contributed by atoms with Gasteiger partial charge >= 0.3 is 0 Å². The van der Waals surface area contributed by atoms with Gasteiger partial charge in [0.2, 0.25) is 5.91 Å². The van der Waals surface area contributed by atoms with Crippen LogP contribution in [-0.2, 0) is 17.6 Å². The number of benzene rings is 1. The van der Waals surface area contributed by atoms with E-state index in [0.29, 0.717) is 17.1 Å². The summed E-state index contributed by atoms with van der Waals surface area (Å²) in [5.41, 5.74) is 2.18. The lowest BCUT2D eigenvalue weighted by atomic mass is 9.95. The number of carbonyl (C=O) groups excluding carboxylic acids is 1. The number of likely N-dealkylation sites (tertiary alicyclic amines) is 1. The monoisotopic (exact) mass is 339 g/mol. The molecule has 1 amide bonds. The van der Waals surface area contributed by atoms with Gasteiger partial charge in [-0.25, -0.2) is 4.98 Å². The van der Waals surface area contributed by atoms with Gasteiger partial charge in [0, 0.05) is 23.8 Å². The first-order valence-electron chi connectivity index (χ1n) is 8.94. The Kier molecular flexibility index (Phi) is 5.31. The van der Waals surface area contributed by atoms with E-state index in [1.54, 1.807) is 13.8 Å². The zero-order chi connectivity index (χ0) is 17.8. The van der Waals surface area contributed by atoms with E-state index < -0.39 is 0 Å². The molecule has 1 aliphatic heterocycles. The molecule has 1 atom stereocenters. The molecule has 2 aromatic rings. The Morgan fingerprint density at radius 2 is 2.00 bits per heavy atom. The maximum atomic E-state index is 12.9. The van der Waals surface area contributed by atoms with E-state index in [0.717, 1.165) is 32.2 Å². The van der Waals surface area contributed by atoms with Gasteiger partial charge in [0.1, 0.15) is 5.82 Å². The third kappa shape index (κ3) is 4.16. The number of aromatic nitrogens is 2. The highest BCUT2D eigenvalue weighted by atomic mass is 16.2. The van der Waals surface area contributed by atoms with Gasteiger partial charge in [-0.05, 0) is 45.1 Å². The number of nitrogens with zero attached hydrogens (tertiary/aromatic N) is 2. The van der Waals surface area contributed by atoms with E-state index in [9.17, 15) is 9.59 Å². The first-order valence-corrected chi connectivity index (χ1v) is 8.94. The predicted octanol–water partition coefficient (Wildman–Crippen LogP) is 2.55. The summed E-state index contributed by atoms with van der Waals surface area (Å²) in [6.45, 7) is 4.32. The Bertz CT molecular complexity index is 798. The van der Waals surface area contributed by atoms with Gasteiger partial charge in [-0.15, -0.1) is 0 Å². The highest BCUT2D eigenvalue weighted by molar-refractivity contribution is 5.79. The Morgan fingerprint density at radius 1 is 1.24 bits per heavy atom.